The number of ether oxygens (including phenoxy) is 1. The third-order valence-corrected chi connectivity index (χ3v) is 5.24. The topological polar surface area (TPSA) is 60.2 Å². The van der Waals surface area contributed by atoms with E-state index in [2.05, 4.69) is 32.8 Å². The molecule has 2 fully saturated rings. The predicted molar refractivity (Wildman–Crippen MR) is 89.0 cm³/mol. The van der Waals surface area contributed by atoms with Gasteiger partial charge in [0.15, 0.2) is 0 Å². The lowest BCUT2D eigenvalue weighted by molar-refractivity contribution is 0.0520. The lowest BCUT2D eigenvalue weighted by Gasteiger charge is -2.39. The van der Waals surface area contributed by atoms with Crippen LogP contribution in [0.4, 0.5) is 0 Å². The van der Waals surface area contributed by atoms with Gasteiger partial charge in [-0.15, -0.1) is 0 Å². The van der Waals surface area contributed by atoms with E-state index >= 15 is 0 Å². The Hall–Kier alpha value is -2.37. The minimum atomic E-state index is 0.0440. The third kappa shape index (κ3) is 2.46. The number of amides is 1. The molecular formula is C18H22N4O2. The summed E-state index contributed by atoms with van der Waals surface area (Å²) in [6, 6.07) is 4.52. The van der Waals surface area contributed by atoms with Gasteiger partial charge >= 0.3 is 0 Å². The summed E-state index contributed by atoms with van der Waals surface area (Å²) in [5.74, 6) is 0.453. The summed E-state index contributed by atoms with van der Waals surface area (Å²) in [4.78, 5) is 19.3. The van der Waals surface area contributed by atoms with Crippen molar-refractivity contribution in [2.24, 2.45) is 0 Å². The number of carbonyl (C=O) groups is 1. The number of hydrogen-bond donors (Lipinski definition) is 0. The van der Waals surface area contributed by atoms with E-state index < -0.39 is 0 Å². The molecule has 0 aromatic carbocycles. The molecule has 2 aromatic rings. The van der Waals surface area contributed by atoms with Crippen molar-refractivity contribution in [2.75, 3.05) is 7.11 Å². The molecule has 0 saturated carbocycles. The maximum atomic E-state index is 13.1. The molecule has 0 radical (unpaired) electrons. The van der Waals surface area contributed by atoms with Crippen LogP contribution in [-0.2, 0) is 0 Å². The number of aryl methyl sites for hydroxylation is 1. The summed E-state index contributed by atoms with van der Waals surface area (Å²) in [6.07, 6.45) is 9.71. The van der Waals surface area contributed by atoms with Crippen LogP contribution in [0.5, 0.6) is 5.88 Å². The Labute approximate surface area is 141 Å². The predicted octanol–water partition coefficient (Wildman–Crippen LogP) is 2.60. The second-order valence-electron chi connectivity index (χ2n) is 6.78. The van der Waals surface area contributed by atoms with Gasteiger partial charge < -0.3 is 9.64 Å². The summed E-state index contributed by atoms with van der Waals surface area (Å²) in [7, 11) is 1.56. The van der Waals surface area contributed by atoms with Crippen LogP contribution in [0.3, 0.4) is 0 Å². The number of carbonyl (C=O) groups excluding carboxylic acids is 1. The zero-order valence-electron chi connectivity index (χ0n) is 14.1. The molecule has 0 aliphatic carbocycles. The molecule has 4 heterocycles. The van der Waals surface area contributed by atoms with Crippen molar-refractivity contribution < 1.29 is 9.53 Å². The average molecular weight is 326 g/mol. The number of hydrogen-bond acceptors (Lipinski definition) is 4. The van der Waals surface area contributed by atoms with Crippen molar-refractivity contribution in [3.8, 4) is 5.88 Å². The Kier molecular flexibility index (Phi) is 3.75. The highest BCUT2D eigenvalue weighted by atomic mass is 16.5. The maximum absolute atomic E-state index is 13.1. The first-order valence-corrected chi connectivity index (χ1v) is 8.50. The van der Waals surface area contributed by atoms with Crippen LogP contribution in [0.1, 0.15) is 47.6 Å². The van der Waals surface area contributed by atoms with Gasteiger partial charge in [-0.05, 0) is 50.3 Å². The van der Waals surface area contributed by atoms with Gasteiger partial charge in [0.2, 0.25) is 5.88 Å². The Morgan fingerprint density at radius 1 is 1.25 bits per heavy atom. The van der Waals surface area contributed by atoms with E-state index in [-0.39, 0.29) is 18.0 Å². The van der Waals surface area contributed by atoms with Crippen LogP contribution in [0.15, 0.2) is 30.7 Å². The van der Waals surface area contributed by atoms with Gasteiger partial charge in [0.25, 0.3) is 5.91 Å². The average Bonchev–Trinajstić information content (AvgIpc) is 3.15. The molecule has 24 heavy (non-hydrogen) atoms. The number of methoxy groups -OCH3 is 1. The van der Waals surface area contributed by atoms with E-state index in [4.69, 9.17) is 4.74 Å². The number of rotatable bonds is 3. The number of piperidine rings is 1. The monoisotopic (exact) mass is 326 g/mol. The highest BCUT2D eigenvalue weighted by molar-refractivity contribution is 5.97. The van der Waals surface area contributed by atoms with Crippen molar-refractivity contribution in [1.29, 1.82) is 0 Å². The fourth-order valence-electron chi connectivity index (χ4n) is 4.18. The molecule has 6 nitrogen and oxygen atoms in total. The third-order valence-electron chi connectivity index (χ3n) is 5.24. The summed E-state index contributed by atoms with van der Waals surface area (Å²) in [6.45, 7) is 2.06. The molecular weight excluding hydrogens is 304 g/mol. The number of aromatic nitrogens is 3. The molecule has 6 heteroatoms. The van der Waals surface area contributed by atoms with Gasteiger partial charge in [-0.25, -0.2) is 4.98 Å². The molecule has 2 bridgehead atoms. The lowest BCUT2D eigenvalue weighted by Crippen LogP contribution is -2.47. The Morgan fingerprint density at radius 3 is 2.62 bits per heavy atom. The second-order valence-corrected chi connectivity index (χ2v) is 6.78. The normalized spacial score (nSPS) is 25.8. The first kappa shape index (κ1) is 15.2. The zero-order valence-corrected chi connectivity index (χ0v) is 14.1. The molecule has 4 rings (SSSR count). The van der Waals surface area contributed by atoms with Crippen LogP contribution >= 0.6 is 0 Å². The molecule has 0 N–H and O–H groups in total. The number of nitrogens with zero attached hydrogens (tertiary/aromatic N) is 4. The van der Waals surface area contributed by atoms with Crippen LogP contribution in [0, 0.1) is 6.92 Å². The summed E-state index contributed by atoms with van der Waals surface area (Å²) >= 11 is 0. The van der Waals surface area contributed by atoms with Gasteiger partial charge in [-0.2, -0.15) is 5.10 Å². The van der Waals surface area contributed by atoms with E-state index in [1.165, 1.54) is 5.56 Å². The molecule has 2 aliphatic rings. The van der Waals surface area contributed by atoms with Gasteiger partial charge in [-0.1, -0.05) is 0 Å². The van der Waals surface area contributed by atoms with Crippen LogP contribution in [0.25, 0.3) is 0 Å². The SMILES string of the molecule is COc1ncccc1C(=O)N1C2CCC1CC(n1cc(C)cn1)C2. The van der Waals surface area contributed by atoms with E-state index in [0.717, 1.165) is 25.7 Å². The van der Waals surface area contributed by atoms with Crippen molar-refractivity contribution >= 4 is 5.91 Å². The highest BCUT2D eigenvalue weighted by Gasteiger charge is 2.44. The Balaban J connectivity index is 1.57. The highest BCUT2D eigenvalue weighted by Crippen LogP contribution is 2.41. The minimum absolute atomic E-state index is 0.0440. The summed E-state index contributed by atoms with van der Waals surface area (Å²) < 4.78 is 7.35. The first-order chi connectivity index (χ1) is 11.7. The molecule has 2 unspecified atom stereocenters. The summed E-state index contributed by atoms with van der Waals surface area (Å²) in [5, 5.41) is 4.47. The lowest BCUT2D eigenvalue weighted by atomic mass is 9.96. The van der Waals surface area contributed by atoms with Gasteiger partial charge in [0.05, 0.1) is 19.3 Å². The maximum Gasteiger partial charge on any atom is 0.259 e. The van der Waals surface area contributed by atoms with Crippen molar-refractivity contribution in [3.05, 3.63) is 41.9 Å². The van der Waals surface area contributed by atoms with Crippen molar-refractivity contribution in [1.82, 2.24) is 19.7 Å². The number of fused-ring (bicyclic) bond motifs is 2. The van der Waals surface area contributed by atoms with Crippen LogP contribution in [-0.4, -0.2) is 44.8 Å². The van der Waals surface area contributed by atoms with Crippen molar-refractivity contribution in [3.63, 3.8) is 0 Å². The quantitative estimate of drug-likeness (QED) is 0.870. The minimum Gasteiger partial charge on any atom is -0.480 e. The van der Waals surface area contributed by atoms with Crippen LogP contribution < -0.4 is 4.74 Å². The molecule has 2 aliphatic heterocycles. The van der Waals surface area contributed by atoms with Gasteiger partial charge in [-0.3, -0.25) is 9.48 Å². The standard InChI is InChI=1S/C18H22N4O2/c1-12-10-20-21(11-12)15-8-13-5-6-14(9-15)22(13)18(23)16-4-3-7-19-17(16)24-2/h3-4,7,10-11,13-15H,5-6,8-9H2,1-2H3. The van der Waals surface area contributed by atoms with Gasteiger partial charge in [0.1, 0.15) is 5.56 Å². The molecule has 1 amide bonds. The largest absolute Gasteiger partial charge is 0.480 e. The van der Waals surface area contributed by atoms with E-state index in [1.54, 1.807) is 25.4 Å². The zero-order chi connectivity index (χ0) is 16.7. The van der Waals surface area contributed by atoms with E-state index in [9.17, 15) is 4.79 Å². The smallest absolute Gasteiger partial charge is 0.259 e. The molecule has 2 aromatic heterocycles. The molecule has 0 spiro atoms. The Morgan fingerprint density at radius 2 is 2.00 bits per heavy atom. The van der Waals surface area contributed by atoms with Crippen molar-refractivity contribution in [2.45, 2.75) is 50.7 Å². The molecule has 2 saturated heterocycles. The van der Waals surface area contributed by atoms with E-state index in [0.29, 0.717) is 17.5 Å². The van der Waals surface area contributed by atoms with Gasteiger partial charge in [0, 0.05) is 24.5 Å². The molecule has 126 valence electrons. The second kappa shape index (κ2) is 5.92. The fourth-order valence-corrected chi connectivity index (χ4v) is 4.18. The summed E-state index contributed by atoms with van der Waals surface area (Å²) in [5.41, 5.74) is 1.74. The number of pyridine rings is 1. The Bertz CT molecular complexity index is 743. The first-order valence-electron chi connectivity index (χ1n) is 8.50. The fraction of sp³-hybridized carbons (Fsp3) is 0.500. The van der Waals surface area contributed by atoms with E-state index in [1.807, 2.05) is 6.20 Å². The van der Waals surface area contributed by atoms with Crippen LogP contribution in [0.2, 0.25) is 0 Å². The molecule has 2 atom stereocenters.